The van der Waals surface area contributed by atoms with Crippen LogP contribution >= 0.6 is 34.5 Å². The Balaban J connectivity index is 2.05. The molecule has 1 aliphatic rings. The summed E-state index contributed by atoms with van der Waals surface area (Å²) in [5.41, 5.74) is -0.439. The van der Waals surface area contributed by atoms with Gasteiger partial charge in [0.15, 0.2) is 11.5 Å². The van der Waals surface area contributed by atoms with Crippen molar-refractivity contribution in [3.63, 3.8) is 0 Å². The Labute approximate surface area is 150 Å². The second kappa shape index (κ2) is 6.32. The highest BCUT2D eigenvalue weighted by Gasteiger charge is 2.26. The van der Waals surface area contributed by atoms with Crippen molar-refractivity contribution in [1.29, 1.82) is 0 Å². The number of ether oxygens (including phenoxy) is 2. The Morgan fingerprint density at radius 2 is 1.79 bits per heavy atom. The fourth-order valence-electron chi connectivity index (χ4n) is 2.06. The second-order valence-corrected chi connectivity index (χ2v) is 8.58. The number of sulfonamides is 1. The van der Waals surface area contributed by atoms with E-state index in [2.05, 4.69) is 4.72 Å². The maximum Gasteiger partial charge on any atom is 0.337 e. The monoisotopic (exact) mass is 409 g/mol. The van der Waals surface area contributed by atoms with Gasteiger partial charge in [-0.25, -0.2) is 13.2 Å². The van der Waals surface area contributed by atoms with Crippen molar-refractivity contribution in [2.24, 2.45) is 0 Å². The molecule has 0 aliphatic carbocycles. The quantitative estimate of drug-likeness (QED) is 0.802. The number of nitrogens with one attached hydrogen (secondary N) is 1. The lowest BCUT2D eigenvalue weighted by Gasteiger charge is -2.20. The van der Waals surface area contributed by atoms with Gasteiger partial charge in [0.25, 0.3) is 10.0 Å². The van der Waals surface area contributed by atoms with Crippen LogP contribution in [0.2, 0.25) is 8.67 Å². The molecular formula is C13H9Cl2NO6S2. The summed E-state index contributed by atoms with van der Waals surface area (Å²) in [5.74, 6) is -0.837. The Morgan fingerprint density at radius 3 is 2.33 bits per heavy atom. The molecule has 2 aromatic rings. The number of halogens is 2. The lowest BCUT2D eigenvalue weighted by molar-refractivity contribution is 0.0697. The van der Waals surface area contributed by atoms with E-state index in [4.69, 9.17) is 32.7 Å². The van der Waals surface area contributed by atoms with Crippen molar-refractivity contribution in [2.45, 2.75) is 4.90 Å². The number of hydrogen-bond donors (Lipinski definition) is 2. The molecule has 7 nitrogen and oxygen atoms in total. The first kappa shape index (κ1) is 17.2. The zero-order valence-corrected chi connectivity index (χ0v) is 14.9. The summed E-state index contributed by atoms with van der Waals surface area (Å²) in [4.78, 5) is 11.2. The number of thiophene rings is 1. The summed E-state index contributed by atoms with van der Waals surface area (Å²) in [5, 5.41) is 9.32. The summed E-state index contributed by atoms with van der Waals surface area (Å²) in [7, 11) is -4.12. The van der Waals surface area contributed by atoms with E-state index < -0.39 is 16.0 Å². The van der Waals surface area contributed by atoms with Crippen molar-refractivity contribution >= 4 is 56.2 Å². The van der Waals surface area contributed by atoms with E-state index in [9.17, 15) is 18.3 Å². The molecule has 0 atom stereocenters. The molecule has 0 unspecified atom stereocenters. The highest BCUT2D eigenvalue weighted by molar-refractivity contribution is 7.93. The van der Waals surface area contributed by atoms with Gasteiger partial charge in [0.1, 0.15) is 22.4 Å². The topological polar surface area (TPSA) is 102 Å². The average molecular weight is 410 g/mol. The largest absolute Gasteiger partial charge is 0.486 e. The summed E-state index contributed by atoms with van der Waals surface area (Å²) < 4.78 is 38.0. The maximum absolute atomic E-state index is 12.5. The molecule has 2 N–H and O–H groups in total. The zero-order chi connectivity index (χ0) is 17.5. The van der Waals surface area contributed by atoms with Crippen LogP contribution in [0.15, 0.2) is 23.1 Å². The Kier molecular flexibility index (Phi) is 4.52. The molecule has 128 valence electrons. The van der Waals surface area contributed by atoms with Gasteiger partial charge in [-0.05, 0) is 6.07 Å². The van der Waals surface area contributed by atoms with E-state index in [0.29, 0.717) is 0 Å². The van der Waals surface area contributed by atoms with Crippen molar-refractivity contribution in [1.82, 2.24) is 0 Å². The Hall–Kier alpha value is -1.68. The van der Waals surface area contributed by atoms with E-state index >= 15 is 0 Å². The summed E-state index contributed by atoms with van der Waals surface area (Å²) in [6, 6.07) is 3.66. The number of anilines is 1. The molecule has 1 aliphatic heterocycles. The first-order valence-electron chi connectivity index (χ1n) is 6.42. The van der Waals surface area contributed by atoms with Crippen LogP contribution in [-0.2, 0) is 10.0 Å². The van der Waals surface area contributed by atoms with Crippen LogP contribution < -0.4 is 14.2 Å². The minimum absolute atomic E-state index is 0.0260. The van der Waals surface area contributed by atoms with Crippen molar-refractivity contribution < 1.29 is 27.8 Å². The molecule has 0 fully saturated rings. The van der Waals surface area contributed by atoms with Crippen molar-refractivity contribution in [2.75, 3.05) is 17.9 Å². The zero-order valence-electron chi connectivity index (χ0n) is 11.7. The van der Waals surface area contributed by atoms with Gasteiger partial charge in [-0.1, -0.05) is 23.2 Å². The fraction of sp³-hybridized carbons (Fsp3) is 0.154. The summed E-state index contributed by atoms with van der Waals surface area (Å²) >= 11 is 12.5. The van der Waals surface area contributed by atoms with E-state index in [1.54, 1.807) is 0 Å². The summed E-state index contributed by atoms with van der Waals surface area (Å²) in [6.45, 7) is 0.553. The van der Waals surface area contributed by atoms with Crippen LogP contribution in [0.4, 0.5) is 5.69 Å². The second-order valence-electron chi connectivity index (χ2n) is 4.64. The lowest BCUT2D eigenvalue weighted by atomic mass is 10.1. The number of rotatable bonds is 4. The SMILES string of the molecule is O=C(O)c1cc2c(cc1NS(=O)(=O)c1cc(Cl)sc1Cl)OCCO2. The van der Waals surface area contributed by atoms with Crippen LogP contribution in [0.3, 0.4) is 0 Å². The van der Waals surface area contributed by atoms with Crippen LogP contribution in [-0.4, -0.2) is 32.7 Å². The van der Waals surface area contributed by atoms with Crippen LogP contribution in [0, 0.1) is 0 Å². The fourth-order valence-corrected chi connectivity index (χ4v) is 5.28. The number of hydrogen-bond acceptors (Lipinski definition) is 6. The average Bonchev–Trinajstić information content (AvgIpc) is 2.85. The van der Waals surface area contributed by atoms with Gasteiger partial charge < -0.3 is 14.6 Å². The van der Waals surface area contributed by atoms with Gasteiger partial charge >= 0.3 is 5.97 Å². The number of fused-ring (bicyclic) bond motifs is 1. The van der Waals surface area contributed by atoms with Crippen molar-refractivity contribution in [3.8, 4) is 11.5 Å². The molecule has 0 saturated carbocycles. The number of aromatic carboxylic acids is 1. The molecule has 11 heteroatoms. The van der Waals surface area contributed by atoms with Crippen molar-refractivity contribution in [3.05, 3.63) is 32.4 Å². The molecular weight excluding hydrogens is 401 g/mol. The Morgan fingerprint density at radius 1 is 1.17 bits per heavy atom. The number of carbonyl (C=O) groups is 1. The molecule has 0 spiro atoms. The predicted octanol–water partition coefficient (Wildman–Crippen LogP) is 3.33. The normalized spacial score (nSPS) is 13.6. The van der Waals surface area contributed by atoms with E-state index in [-0.39, 0.29) is 49.5 Å². The molecule has 24 heavy (non-hydrogen) atoms. The third kappa shape index (κ3) is 3.25. The summed E-state index contributed by atoms with van der Waals surface area (Å²) in [6.07, 6.45) is 0. The first-order valence-corrected chi connectivity index (χ1v) is 9.48. The molecule has 1 aromatic heterocycles. The number of carboxylic acid groups (broad SMARTS) is 1. The number of benzene rings is 1. The Bertz CT molecular complexity index is 925. The van der Waals surface area contributed by atoms with Gasteiger partial charge in [0, 0.05) is 12.1 Å². The minimum atomic E-state index is -4.12. The molecule has 2 heterocycles. The van der Waals surface area contributed by atoms with Crippen LogP contribution in [0.1, 0.15) is 10.4 Å². The molecule has 0 amide bonds. The predicted molar refractivity (Wildman–Crippen MR) is 89.5 cm³/mol. The van der Waals surface area contributed by atoms with Crippen LogP contribution in [0.5, 0.6) is 11.5 Å². The maximum atomic E-state index is 12.5. The molecule has 0 bridgehead atoms. The standard InChI is InChI=1S/C13H9Cl2NO6S2/c14-11-5-10(12(15)23-11)24(19,20)16-7-4-9-8(21-1-2-22-9)3-6(7)13(17)18/h3-5,16H,1-2H2,(H,17,18). The van der Waals surface area contributed by atoms with Gasteiger partial charge in [0.2, 0.25) is 0 Å². The third-order valence-electron chi connectivity index (χ3n) is 3.07. The van der Waals surface area contributed by atoms with Gasteiger partial charge in [-0.3, -0.25) is 4.72 Å². The molecule has 1 aromatic carbocycles. The molecule has 0 radical (unpaired) electrons. The molecule has 3 rings (SSSR count). The van der Waals surface area contributed by atoms with E-state index in [1.165, 1.54) is 18.2 Å². The smallest absolute Gasteiger partial charge is 0.337 e. The third-order valence-corrected chi connectivity index (χ3v) is 6.19. The highest BCUT2D eigenvalue weighted by Crippen LogP contribution is 2.38. The van der Waals surface area contributed by atoms with E-state index in [1.807, 2.05) is 0 Å². The van der Waals surface area contributed by atoms with Crippen LogP contribution in [0.25, 0.3) is 0 Å². The van der Waals surface area contributed by atoms with Gasteiger partial charge in [0.05, 0.1) is 15.6 Å². The minimum Gasteiger partial charge on any atom is -0.486 e. The lowest BCUT2D eigenvalue weighted by Crippen LogP contribution is -2.19. The highest BCUT2D eigenvalue weighted by atomic mass is 35.5. The molecule has 0 saturated heterocycles. The first-order chi connectivity index (χ1) is 11.3. The number of carboxylic acids is 1. The van der Waals surface area contributed by atoms with E-state index in [0.717, 1.165) is 11.3 Å². The van der Waals surface area contributed by atoms with Gasteiger partial charge in [-0.15, -0.1) is 11.3 Å². The van der Waals surface area contributed by atoms with Gasteiger partial charge in [-0.2, -0.15) is 0 Å².